The molecule has 0 radical (unpaired) electrons. The van der Waals surface area contributed by atoms with Crippen LogP contribution in [0.1, 0.15) is 28.8 Å². The van der Waals surface area contributed by atoms with E-state index in [2.05, 4.69) is 0 Å². The second-order valence-electron chi connectivity index (χ2n) is 8.14. The van der Waals surface area contributed by atoms with Gasteiger partial charge in [-0.25, -0.2) is 12.8 Å². The van der Waals surface area contributed by atoms with Gasteiger partial charge in [0.15, 0.2) is 0 Å². The van der Waals surface area contributed by atoms with Crippen LogP contribution in [-0.2, 0) is 21.4 Å². The monoisotopic (exact) mass is 512 g/mol. The molecule has 35 heavy (non-hydrogen) atoms. The van der Waals surface area contributed by atoms with Crippen LogP contribution < -0.4 is 15.2 Å². The number of anilines is 1. The number of hydrogen-bond acceptors (Lipinski definition) is 5. The van der Waals surface area contributed by atoms with Crippen LogP contribution >= 0.6 is 0 Å². The van der Waals surface area contributed by atoms with E-state index in [0.29, 0.717) is 43.7 Å². The summed E-state index contributed by atoms with van der Waals surface area (Å²) in [4.78, 5) is 24.8. The zero-order chi connectivity index (χ0) is 25.4. The van der Waals surface area contributed by atoms with Gasteiger partial charge in [0.05, 0.1) is 18.0 Å². The Morgan fingerprint density at radius 1 is 1.06 bits per heavy atom. The van der Waals surface area contributed by atoms with Crippen molar-refractivity contribution in [3.8, 4) is 0 Å². The molecular weight excluding hydrogens is 485 g/mol. The zero-order valence-corrected chi connectivity index (χ0v) is 19.7. The number of amides is 2. The minimum absolute atomic E-state index is 0.00658. The van der Waals surface area contributed by atoms with Gasteiger partial charge in [0.1, 0.15) is 6.17 Å². The van der Waals surface area contributed by atoms with Crippen molar-refractivity contribution in [2.75, 3.05) is 29.7 Å². The molecule has 1 atom stereocenters. The number of nitrogens with one attached hydrogen (secondary N) is 2. The van der Waals surface area contributed by atoms with Crippen LogP contribution in [0.4, 0.5) is 18.9 Å². The second-order valence-corrected chi connectivity index (χ2v) is 10.2. The minimum atomic E-state index is -3.72. The number of hydrogen-bond donors (Lipinski definition) is 2. The second kappa shape index (κ2) is 12.0. The van der Waals surface area contributed by atoms with Crippen LogP contribution in [0.25, 0.3) is 0 Å². The summed E-state index contributed by atoms with van der Waals surface area (Å²) < 4.78 is 65.6. The fourth-order valence-corrected chi connectivity index (χ4v) is 5.19. The van der Waals surface area contributed by atoms with Gasteiger partial charge in [0, 0.05) is 18.7 Å². The van der Waals surface area contributed by atoms with E-state index in [-0.39, 0.29) is 17.9 Å². The highest BCUT2D eigenvalue weighted by Crippen LogP contribution is 2.22. The Balaban J connectivity index is 1.67. The smallest absolute Gasteiger partial charge is 0.300 e. The summed E-state index contributed by atoms with van der Waals surface area (Å²) >= 11 is 0. The number of carbonyl (C=O) groups is 2. The first-order valence-corrected chi connectivity index (χ1v) is 12.7. The highest BCUT2D eigenvalue weighted by molar-refractivity contribution is 7.92. The molecule has 1 aliphatic heterocycles. The predicted molar refractivity (Wildman–Crippen MR) is 125 cm³/mol. The average molecular weight is 513 g/mol. The molecule has 0 bridgehead atoms. The molecule has 0 saturated carbocycles. The van der Waals surface area contributed by atoms with Crippen molar-refractivity contribution < 1.29 is 31.2 Å². The summed E-state index contributed by atoms with van der Waals surface area (Å²) in [5.41, 5.74) is 4.66. The van der Waals surface area contributed by atoms with Gasteiger partial charge < -0.3 is 4.90 Å². The molecule has 2 amide bonds. The third-order valence-electron chi connectivity index (χ3n) is 5.51. The van der Waals surface area contributed by atoms with Gasteiger partial charge >= 0.3 is 12.3 Å². The largest absolute Gasteiger partial charge is 0.317 e. The number of likely N-dealkylation sites (tertiary alicyclic amines) is 1. The van der Waals surface area contributed by atoms with Crippen LogP contribution in [0.5, 0.6) is 0 Å². The molecule has 1 saturated heterocycles. The molecule has 190 valence electrons. The molecule has 1 fully saturated rings. The van der Waals surface area contributed by atoms with E-state index >= 15 is 0 Å². The van der Waals surface area contributed by atoms with Crippen LogP contribution in [0.15, 0.2) is 54.6 Å². The fourth-order valence-electron chi connectivity index (χ4n) is 3.69. The number of alkyl halides is 3. The van der Waals surface area contributed by atoms with Gasteiger partial charge in [0.2, 0.25) is 10.0 Å². The molecule has 0 aliphatic carbocycles. The van der Waals surface area contributed by atoms with Crippen molar-refractivity contribution >= 4 is 27.5 Å². The standard InChI is InChI=1S/C23H27F3N4O4S/c24-19-11-13-29(16-19)12-4-14-35(33,34)30(20-5-2-1-3-6-20)15-17-7-9-18(10-8-17)22(31)27-28-23(32)21(25)26/h1-3,5-10,19,21H,4,11-16H2,(H,27,31)(H,28,32)/t19-/m0/s1. The quantitative estimate of drug-likeness (QED) is 0.477. The van der Waals surface area contributed by atoms with E-state index in [0.717, 1.165) is 0 Å². The van der Waals surface area contributed by atoms with E-state index in [4.69, 9.17) is 0 Å². The first kappa shape index (κ1) is 26.5. The normalized spacial score (nSPS) is 16.3. The van der Waals surface area contributed by atoms with Crippen molar-refractivity contribution in [1.82, 2.24) is 15.8 Å². The SMILES string of the molecule is O=C(NNC(=O)C(F)F)c1ccc(CN(c2ccccc2)S(=O)(=O)CCCN2CC[C@H](F)C2)cc1. The van der Waals surface area contributed by atoms with Gasteiger partial charge in [0.25, 0.3) is 5.91 Å². The molecule has 1 heterocycles. The zero-order valence-electron chi connectivity index (χ0n) is 18.9. The third kappa shape index (κ3) is 7.69. The lowest BCUT2D eigenvalue weighted by Crippen LogP contribution is -2.44. The molecule has 2 aromatic carbocycles. The number of nitrogens with zero attached hydrogens (tertiary/aromatic N) is 2. The first-order valence-electron chi connectivity index (χ1n) is 11.0. The molecule has 12 heteroatoms. The summed E-state index contributed by atoms with van der Waals surface area (Å²) in [6.07, 6.45) is -3.30. The maximum Gasteiger partial charge on any atom is 0.317 e. The maximum atomic E-state index is 13.4. The van der Waals surface area contributed by atoms with Gasteiger partial charge in [-0.3, -0.25) is 24.7 Å². The number of sulfonamides is 1. The molecule has 2 N–H and O–H groups in total. The third-order valence-corrected chi connectivity index (χ3v) is 7.33. The molecule has 8 nitrogen and oxygen atoms in total. The lowest BCUT2D eigenvalue weighted by molar-refractivity contribution is -0.132. The highest BCUT2D eigenvalue weighted by Gasteiger charge is 2.25. The molecule has 0 unspecified atom stereocenters. The Morgan fingerprint density at radius 3 is 2.34 bits per heavy atom. The van der Waals surface area contributed by atoms with E-state index < -0.39 is 34.4 Å². The average Bonchev–Trinajstić information content (AvgIpc) is 3.26. The van der Waals surface area contributed by atoms with Crippen molar-refractivity contribution in [2.24, 2.45) is 0 Å². The summed E-state index contributed by atoms with van der Waals surface area (Å²) in [5.74, 6) is -2.54. The Labute approximate surface area is 202 Å². The summed E-state index contributed by atoms with van der Waals surface area (Å²) in [5, 5.41) is 0. The van der Waals surface area contributed by atoms with Crippen LogP contribution in [0, 0.1) is 0 Å². The lowest BCUT2D eigenvalue weighted by atomic mass is 10.1. The van der Waals surface area contributed by atoms with E-state index in [1.165, 1.54) is 16.4 Å². The fraction of sp³-hybridized carbons (Fsp3) is 0.391. The van der Waals surface area contributed by atoms with Crippen molar-refractivity contribution in [1.29, 1.82) is 0 Å². The van der Waals surface area contributed by atoms with Crippen LogP contribution in [0.2, 0.25) is 0 Å². The molecule has 1 aliphatic rings. The number of rotatable bonds is 10. The van der Waals surface area contributed by atoms with Crippen molar-refractivity contribution in [2.45, 2.75) is 32.0 Å². The van der Waals surface area contributed by atoms with E-state index in [1.54, 1.807) is 47.9 Å². The molecule has 0 spiro atoms. The number of carbonyl (C=O) groups excluding carboxylic acids is 2. The Kier molecular flexibility index (Phi) is 9.10. The molecular formula is C23H27F3N4O4S. The summed E-state index contributed by atoms with van der Waals surface area (Å²) in [6.45, 7) is 1.45. The minimum Gasteiger partial charge on any atom is -0.300 e. The van der Waals surface area contributed by atoms with Crippen molar-refractivity contribution in [3.05, 3.63) is 65.7 Å². The summed E-state index contributed by atoms with van der Waals surface area (Å²) in [6, 6.07) is 14.5. The Morgan fingerprint density at radius 2 is 1.74 bits per heavy atom. The first-order chi connectivity index (χ1) is 16.7. The Hall–Kier alpha value is -3.12. The van der Waals surface area contributed by atoms with Gasteiger partial charge in [-0.05, 0) is 49.2 Å². The van der Waals surface area contributed by atoms with Gasteiger partial charge in [-0.2, -0.15) is 8.78 Å². The maximum absolute atomic E-state index is 13.4. The predicted octanol–water partition coefficient (Wildman–Crippen LogP) is 2.48. The topological polar surface area (TPSA) is 98.8 Å². The molecule has 0 aromatic heterocycles. The van der Waals surface area contributed by atoms with Gasteiger partial charge in [-0.15, -0.1) is 0 Å². The Bertz CT molecular complexity index is 1100. The number of para-hydroxylation sites is 1. The number of benzene rings is 2. The number of hydrazine groups is 1. The summed E-state index contributed by atoms with van der Waals surface area (Å²) in [7, 11) is -3.72. The molecule has 3 rings (SSSR count). The highest BCUT2D eigenvalue weighted by atomic mass is 32.2. The molecule has 2 aromatic rings. The van der Waals surface area contributed by atoms with Crippen LogP contribution in [-0.4, -0.2) is 63.1 Å². The van der Waals surface area contributed by atoms with E-state index in [9.17, 15) is 31.2 Å². The van der Waals surface area contributed by atoms with Gasteiger partial charge in [-0.1, -0.05) is 30.3 Å². The van der Waals surface area contributed by atoms with Crippen LogP contribution in [0.3, 0.4) is 0 Å². The number of halogens is 3. The van der Waals surface area contributed by atoms with E-state index in [1.807, 2.05) is 10.3 Å². The van der Waals surface area contributed by atoms with Crippen molar-refractivity contribution in [3.63, 3.8) is 0 Å². The lowest BCUT2D eigenvalue weighted by Gasteiger charge is -2.25.